The molecule has 1 amide bonds. The van der Waals surface area contributed by atoms with E-state index in [1.807, 2.05) is 12.1 Å². The van der Waals surface area contributed by atoms with Gasteiger partial charge in [0.05, 0.1) is 21.3 Å². The number of benzene rings is 1. The first-order valence-corrected chi connectivity index (χ1v) is 6.90. The van der Waals surface area contributed by atoms with Gasteiger partial charge >= 0.3 is 0 Å². The molecule has 0 aliphatic carbocycles. The van der Waals surface area contributed by atoms with Crippen LogP contribution in [0.4, 0.5) is 0 Å². The Kier molecular flexibility index (Phi) is 7.39. The lowest BCUT2D eigenvalue weighted by Crippen LogP contribution is -2.17. The van der Waals surface area contributed by atoms with Gasteiger partial charge in [0.15, 0.2) is 11.5 Å². The summed E-state index contributed by atoms with van der Waals surface area (Å²) < 4.78 is 16.0. The van der Waals surface area contributed by atoms with Gasteiger partial charge in [-0.25, -0.2) is 0 Å². The van der Waals surface area contributed by atoms with Crippen molar-refractivity contribution >= 4 is 5.91 Å². The van der Waals surface area contributed by atoms with Crippen molar-refractivity contribution in [3.63, 3.8) is 0 Å². The minimum Gasteiger partial charge on any atom is -0.493 e. The van der Waals surface area contributed by atoms with Gasteiger partial charge in [-0.1, -0.05) is 6.07 Å². The molecule has 6 heteroatoms. The summed E-state index contributed by atoms with van der Waals surface area (Å²) in [5, 5.41) is 3.31. The molecule has 0 heterocycles. The number of methoxy groups -OCH3 is 3. The number of carbonyl (C=O) groups is 1. The monoisotopic (exact) mass is 296 g/mol. The van der Waals surface area contributed by atoms with Crippen LogP contribution in [0.3, 0.4) is 0 Å². The van der Waals surface area contributed by atoms with E-state index in [1.54, 1.807) is 21.3 Å². The number of primary amides is 1. The summed E-state index contributed by atoms with van der Waals surface area (Å²) in [6.07, 6.45) is 2.13. The summed E-state index contributed by atoms with van der Waals surface area (Å²) in [5.41, 5.74) is 6.08. The van der Waals surface area contributed by atoms with Crippen molar-refractivity contribution in [2.45, 2.75) is 25.8 Å². The smallest absolute Gasteiger partial charge is 0.217 e. The molecule has 0 fully saturated rings. The Morgan fingerprint density at radius 1 is 1.10 bits per heavy atom. The number of hydrogen-bond acceptors (Lipinski definition) is 5. The molecule has 0 aliphatic heterocycles. The molecule has 0 bridgehead atoms. The second kappa shape index (κ2) is 9.07. The molecule has 1 aromatic carbocycles. The molecule has 0 atom stereocenters. The Bertz CT molecular complexity index is 463. The minimum atomic E-state index is -0.253. The van der Waals surface area contributed by atoms with Gasteiger partial charge in [-0.3, -0.25) is 4.79 Å². The second-order valence-electron chi connectivity index (χ2n) is 4.59. The van der Waals surface area contributed by atoms with E-state index in [1.165, 1.54) is 0 Å². The number of nitrogens with two attached hydrogens (primary N) is 1. The molecule has 1 aromatic rings. The largest absolute Gasteiger partial charge is 0.493 e. The van der Waals surface area contributed by atoms with Crippen molar-refractivity contribution in [2.24, 2.45) is 5.73 Å². The molecule has 21 heavy (non-hydrogen) atoms. The van der Waals surface area contributed by atoms with Crippen molar-refractivity contribution in [1.82, 2.24) is 5.32 Å². The minimum absolute atomic E-state index is 0.253. The summed E-state index contributed by atoms with van der Waals surface area (Å²) in [6, 6.07) is 3.79. The third kappa shape index (κ3) is 5.15. The highest BCUT2D eigenvalue weighted by Gasteiger charge is 2.15. The molecule has 0 saturated carbocycles. The van der Waals surface area contributed by atoms with Crippen molar-refractivity contribution in [3.8, 4) is 17.2 Å². The first-order valence-electron chi connectivity index (χ1n) is 6.90. The maximum atomic E-state index is 10.6. The van der Waals surface area contributed by atoms with Crippen LogP contribution >= 0.6 is 0 Å². The summed E-state index contributed by atoms with van der Waals surface area (Å²) in [5.74, 6) is 1.64. The first-order chi connectivity index (χ1) is 10.1. The van der Waals surface area contributed by atoms with E-state index in [0.717, 1.165) is 24.9 Å². The lowest BCUT2D eigenvalue weighted by atomic mass is 10.1. The zero-order valence-corrected chi connectivity index (χ0v) is 12.9. The van der Waals surface area contributed by atoms with Gasteiger partial charge in [0.25, 0.3) is 0 Å². The zero-order valence-electron chi connectivity index (χ0n) is 12.9. The van der Waals surface area contributed by atoms with Gasteiger partial charge in [0, 0.05) is 18.5 Å². The number of rotatable bonds is 10. The average Bonchev–Trinajstić information content (AvgIpc) is 2.49. The molecule has 0 spiro atoms. The molecule has 0 unspecified atom stereocenters. The molecular weight excluding hydrogens is 272 g/mol. The summed E-state index contributed by atoms with van der Waals surface area (Å²) in [6.45, 7) is 1.46. The number of unbranched alkanes of at least 4 members (excludes halogenated alkanes) is 1. The quantitative estimate of drug-likeness (QED) is 0.639. The Morgan fingerprint density at radius 3 is 2.38 bits per heavy atom. The normalized spacial score (nSPS) is 10.2. The Morgan fingerprint density at radius 2 is 1.81 bits per heavy atom. The van der Waals surface area contributed by atoms with E-state index >= 15 is 0 Å². The van der Waals surface area contributed by atoms with Crippen LogP contribution in [0.2, 0.25) is 0 Å². The van der Waals surface area contributed by atoms with Gasteiger partial charge in [-0.05, 0) is 25.5 Å². The fourth-order valence-corrected chi connectivity index (χ4v) is 2.07. The number of nitrogens with one attached hydrogen (secondary N) is 1. The number of amides is 1. The van der Waals surface area contributed by atoms with E-state index < -0.39 is 0 Å². The maximum Gasteiger partial charge on any atom is 0.217 e. The molecular formula is C15H24N2O4. The third-order valence-corrected chi connectivity index (χ3v) is 3.13. The van der Waals surface area contributed by atoms with E-state index in [4.69, 9.17) is 19.9 Å². The summed E-state index contributed by atoms with van der Waals surface area (Å²) in [7, 11) is 4.78. The van der Waals surface area contributed by atoms with Crippen LogP contribution in [0.1, 0.15) is 24.8 Å². The predicted molar refractivity (Wildman–Crippen MR) is 80.9 cm³/mol. The Labute approximate surface area is 125 Å². The zero-order chi connectivity index (χ0) is 15.7. The van der Waals surface area contributed by atoms with Crippen LogP contribution in [0.15, 0.2) is 12.1 Å². The summed E-state index contributed by atoms with van der Waals surface area (Å²) >= 11 is 0. The maximum absolute atomic E-state index is 10.6. The van der Waals surface area contributed by atoms with Gasteiger partial charge in [0.2, 0.25) is 11.7 Å². The van der Waals surface area contributed by atoms with Crippen molar-refractivity contribution in [2.75, 3.05) is 27.9 Å². The van der Waals surface area contributed by atoms with E-state index in [-0.39, 0.29) is 5.91 Å². The summed E-state index contributed by atoms with van der Waals surface area (Å²) in [4.78, 5) is 10.6. The van der Waals surface area contributed by atoms with Crippen molar-refractivity contribution < 1.29 is 19.0 Å². The standard InChI is InChI=1S/C15H24N2O4/c1-19-12-8-7-11(14(20-2)15(12)21-3)10-17-9-5-4-6-13(16)18/h7-8,17H,4-6,9-10H2,1-3H3,(H2,16,18). The van der Waals surface area contributed by atoms with Crippen LogP contribution in [0.25, 0.3) is 0 Å². The lowest BCUT2D eigenvalue weighted by molar-refractivity contribution is -0.118. The third-order valence-electron chi connectivity index (χ3n) is 3.13. The van der Waals surface area contributed by atoms with E-state index in [0.29, 0.717) is 30.2 Å². The van der Waals surface area contributed by atoms with Crippen LogP contribution in [0, 0.1) is 0 Å². The molecule has 1 rings (SSSR count). The van der Waals surface area contributed by atoms with Gasteiger partial charge in [0.1, 0.15) is 0 Å². The highest BCUT2D eigenvalue weighted by molar-refractivity contribution is 5.73. The van der Waals surface area contributed by atoms with Crippen molar-refractivity contribution in [1.29, 1.82) is 0 Å². The van der Waals surface area contributed by atoms with Crippen molar-refractivity contribution in [3.05, 3.63) is 17.7 Å². The molecule has 118 valence electrons. The molecule has 0 aliphatic rings. The second-order valence-corrected chi connectivity index (χ2v) is 4.59. The Hall–Kier alpha value is -1.95. The lowest BCUT2D eigenvalue weighted by Gasteiger charge is -2.16. The highest BCUT2D eigenvalue weighted by atomic mass is 16.5. The molecule has 3 N–H and O–H groups in total. The van der Waals surface area contributed by atoms with Crippen LogP contribution in [-0.2, 0) is 11.3 Å². The molecule has 0 saturated heterocycles. The topological polar surface area (TPSA) is 82.8 Å². The van der Waals surface area contributed by atoms with Crippen LogP contribution in [-0.4, -0.2) is 33.8 Å². The fraction of sp³-hybridized carbons (Fsp3) is 0.533. The van der Waals surface area contributed by atoms with E-state index in [9.17, 15) is 4.79 Å². The predicted octanol–water partition coefficient (Wildman–Crippen LogP) is 1.46. The van der Waals surface area contributed by atoms with Gasteiger partial charge in [-0.2, -0.15) is 0 Å². The molecule has 0 radical (unpaired) electrons. The van der Waals surface area contributed by atoms with Gasteiger partial charge in [-0.15, -0.1) is 0 Å². The van der Waals surface area contributed by atoms with Gasteiger partial charge < -0.3 is 25.3 Å². The molecule has 0 aromatic heterocycles. The van der Waals surface area contributed by atoms with Crippen LogP contribution < -0.4 is 25.3 Å². The highest BCUT2D eigenvalue weighted by Crippen LogP contribution is 2.39. The molecule has 6 nitrogen and oxygen atoms in total. The fourth-order valence-electron chi connectivity index (χ4n) is 2.07. The SMILES string of the molecule is COc1ccc(CNCCCCC(N)=O)c(OC)c1OC. The van der Waals surface area contributed by atoms with Crippen LogP contribution in [0.5, 0.6) is 17.2 Å². The number of ether oxygens (including phenoxy) is 3. The number of carbonyl (C=O) groups excluding carboxylic acids is 1. The number of hydrogen-bond donors (Lipinski definition) is 2. The first kappa shape index (κ1) is 17.1. The average molecular weight is 296 g/mol. The van der Waals surface area contributed by atoms with E-state index in [2.05, 4.69) is 5.32 Å². The Balaban J connectivity index is 2.57.